The lowest BCUT2D eigenvalue weighted by atomic mass is 10.2. The topological polar surface area (TPSA) is 75.9 Å². The molecule has 16 heavy (non-hydrogen) atoms. The Morgan fingerprint density at radius 3 is 2.81 bits per heavy atom. The van der Waals surface area contributed by atoms with Crippen molar-refractivity contribution in [1.82, 2.24) is 4.98 Å². The van der Waals surface area contributed by atoms with E-state index in [-0.39, 0.29) is 5.75 Å². The Bertz CT molecular complexity index is 614. The number of hydrogen-bond donors (Lipinski definition) is 2. The maximum absolute atomic E-state index is 12.0. The van der Waals surface area contributed by atoms with E-state index in [1.807, 2.05) is 6.92 Å². The van der Waals surface area contributed by atoms with E-state index in [2.05, 4.69) is 4.98 Å². The number of anilines is 1. The number of fused-ring (bicyclic) bond motifs is 1. The second-order valence-corrected chi connectivity index (χ2v) is 5.85. The second kappa shape index (κ2) is 3.83. The highest BCUT2D eigenvalue weighted by Gasteiger charge is 2.17. The predicted octanol–water partition coefficient (Wildman–Crippen LogP) is 1.93. The van der Waals surface area contributed by atoms with Crippen molar-refractivity contribution >= 4 is 26.4 Å². The van der Waals surface area contributed by atoms with E-state index < -0.39 is 9.84 Å². The van der Waals surface area contributed by atoms with Crippen LogP contribution in [0.2, 0.25) is 0 Å². The quantitative estimate of drug-likeness (QED) is 0.802. The Labute approximate surface area is 94.4 Å². The maximum Gasteiger partial charge on any atom is 0.179 e. The average molecular weight is 238 g/mol. The molecule has 0 atom stereocenters. The van der Waals surface area contributed by atoms with Crippen molar-refractivity contribution in [3.8, 4) is 0 Å². The van der Waals surface area contributed by atoms with Crippen molar-refractivity contribution in [2.45, 2.75) is 18.2 Å². The zero-order chi connectivity index (χ0) is 11.8. The maximum atomic E-state index is 12.0. The number of rotatable bonds is 3. The molecule has 0 aliphatic heterocycles. The van der Waals surface area contributed by atoms with Gasteiger partial charge in [0.25, 0.3) is 0 Å². The van der Waals surface area contributed by atoms with Gasteiger partial charge in [-0.3, -0.25) is 0 Å². The molecular weight excluding hydrogens is 224 g/mol. The van der Waals surface area contributed by atoms with Crippen molar-refractivity contribution in [3.05, 3.63) is 24.4 Å². The smallest absolute Gasteiger partial charge is 0.179 e. The van der Waals surface area contributed by atoms with Gasteiger partial charge in [0, 0.05) is 22.8 Å². The first kappa shape index (κ1) is 11.0. The second-order valence-electron chi connectivity index (χ2n) is 3.78. The van der Waals surface area contributed by atoms with Crippen molar-refractivity contribution in [2.75, 3.05) is 11.5 Å². The molecule has 1 heterocycles. The molecule has 4 nitrogen and oxygen atoms in total. The van der Waals surface area contributed by atoms with E-state index >= 15 is 0 Å². The molecule has 0 saturated heterocycles. The first-order valence-electron chi connectivity index (χ1n) is 5.14. The Kier molecular flexibility index (Phi) is 2.63. The summed E-state index contributed by atoms with van der Waals surface area (Å²) in [5, 5.41) is 0.711. The van der Waals surface area contributed by atoms with Gasteiger partial charge in [0.15, 0.2) is 9.84 Å². The van der Waals surface area contributed by atoms with E-state index in [0.29, 0.717) is 22.4 Å². The highest BCUT2D eigenvalue weighted by Crippen LogP contribution is 2.26. The summed E-state index contributed by atoms with van der Waals surface area (Å²) in [6, 6.07) is 5.03. The van der Waals surface area contributed by atoms with Gasteiger partial charge >= 0.3 is 0 Å². The Morgan fingerprint density at radius 2 is 2.12 bits per heavy atom. The number of hydrogen-bond acceptors (Lipinski definition) is 3. The van der Waals surface area contributed by atoms with Crippen molar-refractivity contribution in [3.63, 3.8) is 0 Å². The lowest BCUT2D eigenvalue weighted by Gasteiger charge is -2.06. The zero-order valence-corrected chi connectivity index (χ0v) is 9.84. The summed E-state index contributed by atoms with van der Waals surface area (Å²) in [6.07, 6.45) is 2.32. The lowest BCUT2D eigenvalue weighted by Crippen LogP contribution is -2.06. The highest BCUT2D eigenvalue weighted by atomic mass is 32.2. The van der Waals surface area contributed by atoms with E-state index in [4.69, 9.17) is 5.73 Å². The molecule has 0 aliphatic carbocycles. The molecule has 0 saturated carbocycles. The van der Waals surface area contributed by atoms with Crippen LogP contribution in [0.25, 0.3) is 10.9 Å². The predicted molar refractivity (Wildman–Crippen MR) is 65.1 cm³/mol. The Morgan fingerprint density at radius 1 is 1.38 bits per heavy atom. The van der Waals surface area contributed by atoms with Crippen molar-refractivity contribution < 1.29 is 8.42 Å². The largest absolute Gasteiger partial charge is 0.399 e. The molecule has 2 rings (SSSR count). The minimum absolute atomic E-state index is 0.150. The fourth-order valence-corrected chi connectivity index (χ4v) is 3.38. The molecule has 3 N–H and O–H groups in total. The van der Waals surface area contributed by atoms with E-state index in [1.54, 1.807) is 18.3 Å². The molecule has 0 fully saturated rings. The van der Waals surface area contributed by atoms with Gasteiger partial charge in [0.1, 0.15) is 0 Å². The van der Waals surface area contributed by atoms with Crippen LogP contribution in [0, 0.1) is 0 Å². The van der Waals surface area contributed by atoms with Gasteiger partial charge in [-0.15, -0.1) is 0 Å². The molecule has 0 aliphatic rings. The van der Waals surface area contributed by atoms with Gasteiger partial charge in [0.2, 0.25) is 0 Å². The van der Waals surface area contributed by atoms with E-state index in [9.17, 15) is 8.42 Å². The summed E-state index contributed by atoms with van der Waals surface area (Å²) < 4.78 is 24.1. The summed E-state index contributed by atoms with van der Waals surface area (Å²) in [7, 11) is -3.23. The van der Waals surface area contributed by atoms with Crippen LogP contribution >= 0.6 is 0 Å². The minimum Gasteiger partial charge on any atom is -0.399 e. The standard InChI is InChI=1S/C11H14N2O2S/c1-2-5-16(14,15)11-7-8(12)6-10-9(11)3-4-13-10/h3-4,6-7,13H,2,5,12H2,1H3. The summed E-state index contributed by atoms with van der Waals surface area (Å²) in [5.74, 6) is 0.150. The first-order chi connectivity index (χ1) is 7.54. The summed E-state index contributed by atoms with van der Waals surface area (Å²) in [6.45, 7) is 1.85. The number of aromatic nitrogens is 1. The Balaban J connectivity index is 2.72. The van der Waals surface area contributed by atoms with Crippen LogP contribution in [-0.2, 0) is 9.84 Å². The number of benzene rings is 1. The lowest BCUT2D eigenvalue weighted by molar-refractivity contribution is 0.595. The summed E-state index contributed by atoms with van der Waals surface area (Å²) in [4.78, 5) is 3.30. The average Bonchev–Trinajstić information content (AvgIpc) is 2.63. The fraction of sp³-hybridized carbons (Fsp3) is 0.273. The van der Waals surface area contributed by atoms with Gasteiger partial charge in [0.05, 0.1) is 10.6 Å². The minimum atomic E-state index is -3.23. The number of nitrogens with one attached hydrogen (secondary N) is 1. The molecule has 0 radical (unpaired) electrons. The van der Waals surface area contributed by atoms with Gasteiger partial charge < -0.3 is 10.7 Å². The number of nitrogen functional groups attached to an aromatic ring is 1. The zero-order valence-electron chi connectivity index (χ0n) is 9.03. The molecule has 0 bridgehead atoms. The molecule has 1 aromatic carbocycles. The molecule has 5 heteroatoms. The SMILES string of the molecule is CCCS(=O)(=O)c1cc(N)cc2[nH]ccc12. The highest BCUT2D eigenvalue weighted by molar-refractivity contribution is 7.91. The summed E-state index contributed by atoms with van der Waals surface area (Å²) >= 11 is 0. The van der Waals surface area contributed by atoms with Crippen LogP contribution < -0.4 is 5.73 Å². The van der Waals surface area contributed by atoms with Crippen LogP contribution in [0.15, 0.2) is 29.3 Å². The molecule has 86 valence electrons. The van der Waals surface area contributed by atoms with Crippen LogP contribution in [0.3, 0.4) is 0 Å². The molecule has 0 unspecified atom stereocenters. The third-order valence-electron chi connectivity index (χ3n) is 2.46. The Hall–Kier alpha value is -1.49. The van der Waals surface area contributed by atoms with E-state index in [1.165, 1.54) is 6.07 Å². The number of nitrogens with two attached hydrogens (primary N) is 1. The van der Waals surface area contributed by atoms with Gasteiger partial charge in [-0.1, -0.05) is 6.92 Å². The molecular formula is C11H14N2O2S. The first-order valence-corrected chi connectivity index (χ1v) is 6.79. The monoisotopic (exact) mass is 238 g/mol. The molecule has 2 aromatic rings. The fourth-order valence-electron chi connectivity index (χ4n) is 1.79. The van der Waals surface area contributed by atoms with Crippen LogP contribution in [0.5, 0.6) is 0 Å². The number of sulfone groups is 1. The van der Waals surface area contributed by atoms with Gasteiger partial charge in [-0.25, -0.2) is 8.42 Å². The normalized spacial score (nSPS) is 12.1. The van der Waals surface area contributed by atoms with Gasteiger partial charge in [-0.2, -0.15) is 0 Å². The molecule has 0 amide bonds. The van der Waals surface area contributed by atoms with Crippen molar-refractivity contribution in [2.24, 2.45) is 0 Å². The van der Waals surface area contributed by atoms with Crippen molar-refractivity contribution in [1.29, 1.82) is 0 Å². The summed E-state index contributed by atoms with van der Waals surface area (Å²) in [5.41, 5.74) is 6.91. The number of H-pyrrole nitrogens is 1. The van der Waals surface area contributed by atoms with Crippen LogP contribution in [0.4, 0.5) is 5.69 Å². The van der Waals surface area contributed by atoms with Crippen LogP contribution in [0.1, 0.15) is 13.3 Å². The third-order valence-corrected chi connectivity index (χ3v) is 4.41. The van der Waals surface area contributed by atoms with E-state index in [0.717, 1.165) is 5.52 Å². The van der Waals surface area contributed by atoms with Crippen LogP contribution in [-0.4, -0.2) is 19.2 Å². The third kappa shape index (κ3) is 1.78. The molecule has 0 spiro atoms. The van der Waals surface area contributed by atoms with Gasteiger partial charge in [-0.05, 0) is 24.6 Å². The number of aromatic amines is 1. The molecule has 1 aromatic heterocycles.